The molecule has 0 radical (unpaired) electrons. The molecule has 1 fully saturated rings. The Kier molecular flexibility index (Phi) is 7.41. The zero-order valence-corrected chi connectivity index (χ0v) is 19.7. The molecule has 0 spiro atoms. The van der Waals surface area contributed by atoms with E-state index in [4.69, 9.17) is 0 Å². The lowest BCUT2D eigenvalue weighted by Crippen LogP contribution is -2.46. The average molecular weight is 451 g/mol. The molecule has 1 saturated heterocycles. The van der Waals surface area contributed by atoms with Gasteiger partial charge in [0.05, 0.1) is 6.04 Å². The number of hydrogen-bond donors (Lipinski definition) is 1. The van der Waals surface area contributed by atoms with Gasteiger partial charge >= 0.3 is 0 Å². The van der Waals surface area contributed by atoms with E-state index in [1.165, 1.54) is 11.1 Å². The summed E-state index contributed by atoms with van der Waals surface area (Å²) in [6, 6.07) is 29.2. The van der Waals surface area contributed by atoms with Gasteiger partial charge in [0, 0.05) is 38.1 Å². The summed E-state index contributed by atoms with van der Waals surface area (Å²) in [6.07, 6.45) is 1.70. The summed E-state index contributed by atoms with van der Waals surface area (Å²) in [7, 11) is 0. The molecule has 5 heteroatoms. The van der Waals surface area contributed by atoms with E-state index in [0.29, 0.717) is 0 Å². The second-order valence-electron chi connectivity index (χ2n) is 8.72. The second-order valence-corrected chi connectivity index (χ2v) is 8.72. The van der Waals surface area contributed by atoms with Gasteiger partial charge in [-0.3, -0.25) is 9.69 Å². The number of carbonyl (C=O) groups excluding carboxylic acids is 1. The molecule has 5 nitrogen and oxygen atoms in total. The summed E-state index contributed by atoms with van der Waals surface area (Å²) >= 11 is 0. The van der Waals surface area contributed by atoms with Crippen molar-refractivity contribution < 1.29 is 4.79 Å². The normalized spacial score (nSPS) is 14.6. The average Bonchev–Trinajstić information content (AvgIpc) is 2.86. The predicted octanol–water partition coefficient (Wildman–Crippen LogP) is 5.06. The molecule has 3 aromatic carbocycles. The van der Waals surface area contributed by atoms with Crippen LogP contribution in [-0.2, 0) is 4.79 Å². The number of nitriles is 1. The maximum Gasteiger partial charge on any atom is 0.267 e. The van der Waals surface area contributed by atoms with Gasteiger partial charge in [0.2, 0.25) is 0 Å². The minimum atomic E-state index is -0.372. The minimum Gasteiger partial charge on any atom is -0.374 e. The van der Waals surface area contributed by atoms with E-state index in [1.807, 2.05) is 44.2 Å². The highest BCUT2D eigenvalue weighted by Gasteiger charge is 2.26. The van der Waals surface area contributed by atoms with Crippen LogP contribution in [0, 0.1) is 25.2 Å². The molecule has 0 unspecified atom stereocenters. The highest BCUT2D eigenvalue weighted by atomic mass is 16.1. The maximum atomic E-state index is 12.8. The smallest absolute Gasteiger partial charge is 0.267 e. The zero-order valence-electron chi connectivity index (χ0n) is 19.7. The van der Waals surface area contributed by atoms with E-state index in [2.05, 4.69) is 69.7 Å². The molecule has 1 aliphatic heterocycles. The number of carbonyl (C=O) groups is 1. The van der Waals surface area contributed by atoms with E-state index in [1.54, 1.807) is 6.20 Å². The summed E-state index contributed by atoms with van der Waals surface area (Å²) in [4.78, 5) is 17.3. The van der Waals surface area contributed by atoms with Crippen molar-refractivity contribution in [1.29, 1.82) is 5.26 Å². The quantitative estimate of drug-likeness (QED) is 0.421. The summed E-state index contributed by atoms with van der Waals surface area (Å²) < 4.78 is 0. The standard InChI is InChI=1S/C29H30N4O/c1-22-13-14-27(23(2)19-22)31-29(34)26(20-30)21-32-15-17-33(18-16-32)28(24-9-5-3-6-10-24)25-11-7-4-8-12-25/h3-14,19,21,28H,15-18H2,1-2H3,(H,31,34)/b26-21-. The highest BCUT2D eigenvalue weighted by molar-refractivity contribution is 6.06. The number of nitrogens with zero attached hydrogens (tertiary/aromatic N) is 3. The molecule has 0 saturated carbocycles. The third-order valence-corrected chi connectivity index (χ3v) is 6.25. The Bertz CT molecular complexity index is 1150. The van der Waals surface area contributed by atoms with Crippen molar-refractivity contribution in [3.8, 4) is 6.07 Å². The number of amides is 1. The van der Waals surface area contributed by atoms with Gasteiger partial charge in [-0.25, -0.2) is 0 Å². The van der Waals surface area contributed by atoms with Gasteiger partial charge in [0.1, 0.15) is 11.6 Å². The van der Waals surface area contributed by atoms with Gasteiger partial charge in [-0.05, 0) is 36.6 Å². The van der Waals surface area contributed by atoms with Gasteiger partial charge in [-0.15, -0.1) is 0 Å². The van der Waals surface area contributed by atoms with Crippen LogP contribution in [0.25, 0.3) is 0 Å². The van der Waals surface area contributed by atoms with Gasteiger partial charge in [0.15, 0.2) is 0 Å². The third-order valence-electron chi connectivity index (χ3n) is 6.25. The van der Waals surface area contributed by atoms with E-state index in [9.17, 15) is 10.1 Å². The molecule has 0 atom stereocenters. The Morgan fingerprint density at radius 2 is 1.50 bits per heavy atom. The summed E-state index contributed by atoms with van der Waals surface area (Å²) in [5, 5.41) is 12.5. The van der Waals surface area contributed by atoms with Crippen molar-refractivity contribution in [2.45, 2.75) is 19.9 Å². The molecule has 0 bridgehead atoms. The third kappa shape index (κ3) is 5.54. The Morgan fingerprint density at radius 1 is 0.912 bits per heavy atom. The SMILES string of the molecule is Cc1ccc(NC(=O)/C(C#N)=C\N2CCN(C(c3ccccc3)c3ccccc3)CC2)c(C)c1. The first kappa shape index (κ1) is 23.3. The Hall–Kier alpha value is -3.88. The van der Waals surface area contributed by atoms with E-state index < -0.39 is 0 Å². The van der Waals surface area contributed by atoms with Crippen molar-refractivity contribution >= 4 is 11.6 Å². The van der Waals surface area contributed by atoms with Crippen LogP contribution in [0.4, 0.5) is 5.69 Å². The number of rotatable bonds is 6. The fraction of sp³-hybridized carbons (Fsp3) is 0.241. The van der Waals surface area contributed by atoms with Crippen LogP contribution in [0.2, 0.25) is 0 Å². The molecule has 1 amide bonds. The van der Waals surface area contributed by atoms with Crippen molar-refractivity contribution in [1.82, 2.24) is 9.80 Å². The molecule has 4 rings (SSSR count). The molecule has 34 heavy (non-hydrogen) atoms. The van der Waals surface area contributed by atoms with Gasteiger partial charge in [0.25, 0.3) is 5.91 Å². The van der Waals surface area contributed by atoms with Crippen molar-refractivity contribution in [2.75, 3.05) is 31.5 Å². The van der Waals surface area contributed by atoms with Gasteiger partial charge in [-0.2, -0.15) is 5.26 Å². The number of aryl methyl sites for hydroxylation is 2. The van der Waals surface area contributed by atoms with E-state index in [0.717, 1.165) is 43.0 Å². The summed E-state index contributed by atoms with van der Waals surface area (Å²) in [6.45, 7) is 7.13. The number of benzene rings is 3. The number of nitrogens with one attached hydrogen (secondary N) is 1. The molecule has 3 aromatic rings. The van der Waals surface area contributed by atoms with E-state index in [-0.39, 0.29) is 17.5 Å². The lowest BCUT2D eigenvalue weighted by molar-refractivity contribution is -0.112. The number of hydrogen-bond acceptors (Lipinski definition) is 4. The lowest BCUT2D eigenvalue weighted by atomic mass is 9.96. The van der Waals surface area contributed by atoms with Crippen molar-refractivity contribution in [2.24, 2.45) is 0 Å². The fourth-order valence-corrected chi connectivity index (χ4v) is 4.47. The first-order valence-electron chi connectivity index (χ1n) is 11.6. The van der Waals surface area contributed by atoms with Crippen LogP contribution in [0.5, 0.6) is 0 Å². The summed E-state index contributed by atoms with van der Waals surface area (Å²) in [5.41, 5.74) is 5.50. The molecule has 172 valence electrons. The topological polar surface area (TPSA) is 59.4 Å². The molecule has 0 aliphatic carbocycles. The van der Waals surface area contributed by atoms with Crippen LogP contribution < -0.4 is 5.32 Å². The molecular formula is C29H30N4O. The van der Waals surface area contributed by atoms with Gasteiger partial charge < -0.3 is 10.2 Å². The Morgan fingerprint density at radius 3 is 2.03 bits per heavy atom. The monoisotopic (exact) mass is 450 g/mol. The van der Waals surface area contributed by atoms with Crippen LogP contribution in [0.15, 0.2) is 90.6 Å². The molecule has 1 aliphatic rings. The first-order chi connectivity index (χ1) is 16.5. The molecule has 1 N–H and O–H groups in total. The van der Waals surface area contributed by atoms with Gasteiger partial charge in [-0.1, -0.05) is 78.4 Å². The number of anilines is 1. The van der Waals surface area contributed by atoms with Crippen molar-refractivity contribution in [3.63, 3.8) is 0 Å². The van der Waals surface area contributed by atoms with Crippen LogP contribution >= 0.6 is 0 Å². The predicted molar refractivity (Wildman–Crippen MR) is 136 cm³/mol. The molecule has 1 heterocycles. The Labute approximate surface area is 201 Å². The molecule has 0 aromatic heterocycles. The van der Waals surface area contributed by atoms with Crippen molar-refractivity contribution in [3.05, 3.63) is 113 Å². The minimum absolute atomic E-state index is 0.121. The largest absolute Gasteiger partial charge is 0.374 e. The lowest BCUT2D eigenvalue weighted by Gasteiger charge is -2.39. The van der Waals surface area contributed by atoms with Crippen LogP contribution in [-0.4, -0.2) is 41.9 Å². The first-order valence-corrected chi connectivity index (χ1v) is 11.6. The summed E-state index contributed by atoms with van der Waals surface area (Å²) in [5.74, 6) is -0.372. The fourth-order valence-electron chi connectivity index (χ4n) is 4.47. The second kappa shape index (κ2) is 10.8. The number of piperazine rings is 1. The maximum absolute atomic E-state index is 12.8. The molecular weight excluding hydrogens is 420 g/mol. The highest BCUT2D eigenvalue weighted by Crippen LogP contribution is 2.29. The zero-order chi connectivity index (χ0) is 23.9. The Balaban J connectivity index is 1.45. The van der Waals surface area contributed by atoms with E-state index >= 15 is 0 Å². The van der Waals surface area contributed by atoms with Crippen LogP contribution in [0.1, 0.15) is 28.3 Å². The van der Waals surface area contributed by atoms with Crippen LogP contribution in [0.3, 0.4) is 0 Å².